The average molecular weight is 350 g/mol. The standard InChI is InChI=1S/C22H43N3/c1-3-4-5-6-7-8-9-10-11-12-13-14-15-16-17-18-22-24-19-20-25(22)21(2)23/h15-16,21H,3-14,17-20,23H2,1-2H3/b16-15+. The molecule has 0 aliphatic carbocycles. The number of allylic oxidation sites excluding steroid dienone is 2. The maximum atomic E-state index is 5.97. The molecule has 0 bridgehead atoms. The average Bonchev–Trinajstić information content (AvgIpc) is 3.07. The number of nitrogens with two attached hydrogens (primary N) is 1. The number of hydrogen-bond acceptors (Lipinski definition) is 3. The van der Waals surface area contributed by atoms with E-state index in [1.807, 2.05) is 6.92 Å². The van der Waals surface area contributed by atoms with Crippen LogP contribution in [0.25, 0.3) is 0 Å². The van der Waals surface area contributed by atoms with Gasteiger partial charge in [0, 0.05) is 13.0 Å². The molecule has 1 aliphatic rings. The summed E-state index contributed by atoms with van der Waals surface area (Å²) in [6.07, 6.45) is 23.8. The highest BCUT2D eigenvalue weighted by atomic mass is 15.3. The molecule has 1 unspecified atom stereocenters. The van der Waals surface area contributed by atoms with E-state index in [0.29, 0.717) is 0 Å². The van der Waals surface area contributed by atoms with Gasteiger partial charge in [0.25, 0.3) is 0 Å². The van der Waals surface area contributed by atoms with Gasteiger partial charge >= 0.3 is 0 Å². The minimum atomic E-state index is 0.0987. The smallest absolute Gasteiger partial charge is 0.101 e. The monoisotopic (exact) mass is 349 g/mol. The molecule has 0 spiro atoms. The minimum absolute atomic E-state index is 0.0987. The molecule has 0 aromatic heterocycles. The van der Waals surface area contributed by atoms with Crippen LogP contribution >= 0.6 is 0 Å². The van der Waals surface area contributed by atoms with Crippen LogP contribution in [0.15, 0.2) is 17.1 Å². The quantitative estimate of drug-likeness (QED) is 0.272. The number of unbranched alkanes of at least 4 members (excludes halogenated alkanes) is 11. The van der Waals surface area contributed by atoms with Crippen LogP contribution in [0.1, 0.15) is 104 Å². The predicted molar refractivity (Wildman–Crippen MR) is 112 cm³/mol. The Morgan fingerprint density at radius 1 is 0.920 bits per heavy atom. The normalized spacial score (nSPS) is 16.0. The molecule has 146 valence electrons. The Morgan fingerprint density at radius 3 is 2.08 bits per heavy atom. The van der Waals surface area contributed by atoms with Gasteiger partial charge in [0.1, 0.15) is 5.84 Å². The molecule has 0 radical (unpaired) electrons. The summed E-state index contributed by atoms with van der Waals surface area (Å²) in [6.45, 7) is 6.24. The molecule has 0 saturated heterocycles. The molecule has 0 aromatic carbocycles. The third-order valence-corrected chi connectivity index (χ3v) is 5.13. The SMILES string of the molecule is CCCCCCCCCCCCC/C=C/CCC1=NCCN1C(C)N. The van der Waals surface area contributed by atoms with Crippen molar-refractivity contribution >= 4 is 5.84 Å². The number of amidine groups is 1. The fourth-order valence-corrected chi connectivity index (χ4v) is 3.54. The lowest BCUT2D eigenvalue weighted by atomic mass is 10.1. The first-order valence-electron chi connectivity index (χ1n) is 11.0. The molecule has 3 heteroatoms. The maximum Gasteiger partial charge on any atom is 0.101 e. The molecule has 1 aliphatic heterocycles. The molecule has 0 fully saturated rings. The summed E-state index contributed by atoms with van der Waals surface area (Å²) in [7, 11) is 0. The van der Waals surface area contributed by atoms with Gasteiger partial charge in [0.2, 0.25) is 0 Å². The lowest BCUT2D eigenvalue weighted by Gasteiger charge is -2.24. The van der Waals surface area contributed by atoms with Crippen LogP contribution in [0.5, 0.6) is 0 Å². The van der Waals surface area contributed by atoms with Gasteiger partial charge in [-0.05, 0) is 26.2 Å². The highest BCUT2D eigenvalue weighted by Crippen LogP contribution is 2.13. The zero-order valence-electron chi connectivity index (χ0n) is 17.0. The molecule has 3 nitrogen and oxygen atoms in total. The highest BCUT2D eigenvalue weighted by Gasteiger charge is 2.18. The summed E-state index contributed by atoms with van der Waals surface area (Å²) in [6, 6.07) is 0. The molecule has 0 saturated carbocycles. The lowest BCUT2D eigenvalue weighted by Crippen LogP contribution is -2.41. The molecule has 0 aromatic rings. The largest absolute Gasteiger partial charge is 0.343 e. The van der Waals surface area contributed by atoms with Crippen LogP contribution in [0.4, 0.5) is 0 Å². The fraction of sp³-hybridized carbons (Fsp3) is 0.864. The maximum absolute atomic E-state index is 5.97. The zero-order valence-corrected chi connectivity index (χ0v) is 17.0. The molecule has 0 amide bonds. The Labute approximate surface area is 157 Å². The summed E-state index contributed by atoms with van der Waals surface area (Å²) >= 11 is 0. The van der Waals surface area contributed by atoms with Crippen LogP contribution in [0.2, 0.25) is 0 Å². The van der Waals surface area contributed by atoms with Crippen molar-refractivity contribution in [1.82, 2.24) is 4.90 Å². The van der Waals surface area contributed by atoms with Crippen molar-refractivity contribution in [1.29, 1.82) is 0 Å². The first-order chi connectivity index (χ1) is 12.3. The van der Waals surface area contributed by atoms with Gasteiger partial charge in [0.05, 0.1) is 12.7 Å². The van der Waals surface area contributed by atoms with Gasteiger partial charge in [0.15, 0.2) is 0 Å². The van der Waals surface area contributed by atoms with E-state index >= 15 is 0 Å². The molecule has 1 atom stereocenters. The van der Waals surface area contributed by atoms with Crippen molar-refractivity contribution in [2.24, 2.45) is 10.7 Å². The van der Waals surface area contributed by atoms with Gasteiger partial charge in [-0.2, -0.15) is 0 Å². The second kappa shape index (κ2) is 15.4. The summed E-state index contributed by atoms with van der Waals surface area (Å²) in [5, 5.41) is 0. The molecule has 2 N–H and O–H groups in total. The van der Waals surface area contributed by atoms with E-state index in [1.165, 1.54) is 82.9 Å². The van der Waals surface area contributed by atoms with E-state index < -0.39 is 0 Å². The fourth-order valence-electron chi connectivity index (χ4n) is 3.54. The molecule has 25 heavy (non-hydrogen) atoms. The minimum Gasteiger partial charge on any atom is -0.343 e. The van der Waals surface area contributed by atoms with Gasteiger partial charge < -0.3 is 10.6 Å². The molecule has 1 rings (SSSR count). The predicted octanol–water partition coefficient (Wildman–Crippen LogP) is 6.04. The first kappa shape index (κ1) is 22.2. The van der Waals surface area contributed by atoms with Gasteiger partial charge in [-0.1, -0.05) is 83.3 Å². The van der Waals surface area contributed by atoms with Crippen molar-refractivity contribution in [2.75, 3.05) is 13.1 Å². The van der Waals surface area contributed by atoms with Crippen molar-refractivity contribution < 1.29 is 0 Å². The van der Waals surface area contributed by atoms with E-state index in [1.54, 1.807) is 0 Å². The van der Waals surface area contributed by atoms with E-state index in [2.05, 4.69) is 29.0 Å². The Hall–Kier alpha value is -0.830. The van der Waals surface area contributed by atoms with Gasteiger partial charge in [-0.3, -0.25) is 4.99 Å². The van der Waals surface area contributed by atoms with Crippen molar-refractivity contribution in [2.45, 2.75) is 110 Å². The summed E-state index contributed by atoms with van der Waals surface area (Å²) in [5.41, 5.74) is 5.97. The molecular formula is C22H43N3. The van der Waals surface area contributed by atoms with Crippen LogP contribution in [0.3, 0.4) is 0 Å². The van der Waals surface area contributed by atoms with Crippen molar-refractivity contribution in [3.8, 4) is 0 Å². The Bertz CT molecular complexity index is 360. The topological polar surface area (TPSA) is 41.6 Å². The Morgan fingerprint density at radius 2 is 1.48 bits per heavy atom. The van der Waals surface area contributed by atoms with E-state index in [0.717, 1.165) is 25.9 Å². The number of aliphatic imine (C=N–C) groups is 1. The van der Waals surface area contributed by atoms with Crippen LogP contribution in [0, 0.1) is 0 Å². The van der Waals surface area contributed by atoms with Crippen molar-refractivity contribution in [3.63, 3.8) is 0 Å². The summed E-state index contributed by atoms with van der Waals surface area (Å²) < 4.78 is 0. The third kappa shape index (κ3) is 11.4. The molecular weight excluding hydrogens is 306 g/mol. The molecule has 1 heterocycles. The van der Waals surface area contributed by atoms with Crippen LogP contribution in [-0.4, -0.2) is 30.0 Å². The highest BCUT2D eigenvalue weighted by molar-refractivity contribution is 5.84. The Balaban J connectivity index is 1.84. The first-order valence-corrected chi connectivity index (χ1v) is 11.0. The van der Waals surface area contributed by atoms with Gasteiger partial charge in [-0.15, -0.1) is 0 Å². The van der Waals surface area contributed by atoms with Gasteiger partial charge in [-0.25, -0.2) is 0 Å². The number of rotatable bonds is 16. The number of hydrogen-bond donors (Lipinski definition) is 1. The summed E-state index contributed by atoms with van der Waals surface area (Å²) in [5.74, 6) is 1.20. The number of nitrogens with zero attached hydrogens (tertiary/aromatic N) is 2. The van der Waals surface area contributed by atoms with Crippen LogP contribution < -0.4 is 5.73 Å². The second-order valence-corrected chi connectivity index (χ2v) is 7.57. The Kier molecular flexibility index (Phi) is 13.7. The van der Waals surface area contributed by atoms with E-state index in [4.69, 9.17) is 5.73 Å². The van der Waals surface area contributed by atoms with Crippen molar-refractivity contribution in [3.05, 3.63) is 12.2 Å². The third-order valence-electron chi connectivity index (χ3n) is 5.13. The summed E-state index contributed by atoms with van der Waals surface area (Å²) in [4.78, 5) is 6.80. The second-order valence-electron chi connectivity index (χ2n) is 7.57. The van der Waals surface area contributed by atoms with E-state index in [-0.39, 0.29) is 6.17 Å². The van der Waals surface area contributed by atoms with E-state index in [9.17, 15) is 0 Å². The van der Waals surface area contributed by atoms with Crippen LogP contribution in [-0.2, 0) is 0 Å². The lowest BCUT2D eigenvalue weighted by molar-refractivity contribution is 0.360. The zero-order chi connectivity index (χ0) is 18.2.